The Morgan fingerprint density at radius 3 is 2.89 bits per heavy atom. The van der Waals surface area contributed by atoms with Crippen LogP contribution in [0.15, 0.2) is 28.8 Å². The Balaban J connectivity index is 2.24. The Kier molecular flexibility index (Phi) is 3.18. The number of para-hydroxylation sites is 1. The number of hydrogen-bond acceptors (Lipinski definition) is 5. The Morgan fingerprint density at radius 2 is 2.28 bits per heavy atom. The number of nitrogens with one attached hydrogen (secondary N) is 1. The maximum Gasteiger partial charge on any atom is 0.259 e. The fourth-order valence-electron chi connectivity index (χ4n) is 1.53. The molecule has 2 rings (SSSR count). The van der Waals surface area contributed by atoms with E-state index in [9.17, 15) is 4.79 Å². The first-order valence-electron chi connectivity index (χ1n) is 5.29. The summed E-state index contributed by atoms with van der Waals surface area (Å²) in [5.74, 6) is 1.06. The SMILES string of the molecule is COc1cccc(C(=O)Nc2cc(C)on2)c1N. The van der Waals surface area contributed by atoms with Crippen molar-refractivity contribution in [2.45, 2.75) is 6.92 Å². The molecule has 0 saturated heterocycles. The number of carbonyl (C=O) groups excluding carboxylic acids is 1. The number of carbonyl (C=O) groups is 1. The first kappa shape index (κ1) is 12.0. The van der Waals surface area contributed by atoms with Crippen molar-refractivity contribution < 1.29 is 14.1 Å². The van der Waals surface area contributed by atoms with Crippen molar-refractivity contribution in [2.75, 3.05) is 18.2 Å². The van der Waals surface area contributed by atoms with Gasteiger partial charge in [-0.05, 0) is 19.1 Å². The average Bonchev–Trinajstić information content (AvgIpc) is 2.75. The first-order chi connectivity index (χ1) is 8.61. The molecule has 0 bridgehead atoms. The Hall–Kier alpha value is -2.50. The molecule has 1 heterocycles. The molecule has 0 aliphatic heterocycles. The Bertz CT molecular complexity index is 578. The van der Waals surface area contributed by atoms with Crippen LogP contribution in [-0.2, 0) is 0 Å². The van der Waals surface area contributed by atoms with Crippen LogP contribution in [0.2, 0.25) is 0 Å². The van der Waals surface area contributed by atoms with Gasteiger partial charge in [0.2, 0.25) is 0 Å². The van der Waals surface area contributed by atoms with Gasteiger partial charge in [-0.3, -0.25) is 4.79 Å². The maximum absolute atomic E-state index is 12.0. The molecule has 0 saturated carbocycles. The third-order valence-electron chi connectivity index (χ3n) is 2.40. The molecule has 6 nitrogen and oxygen atoms in total. The number of nitrogens with zero attached hydrogens (tertiary/aromatic N) is 1. The molecule has 2 aromatic rings. The van der Waals surface area contributed by atoms with Gasteiger partial charge >= 0.3 is 0 Å². The molecule has 0 aliphatic carbocycles. The van der Waals surface area contributed by atoms with E-state index in [2.05, 4.69) is 10.5 Å². The lowest BCUT2D eigenvalue weighted by Gasteiger charge is -2.08. The summed E-state index contributed by atoms with van der Waals surface area (Å²) in [4.78, 5) is 12.0. The van der Waals surface area contributed by atoms with Gasteiger partial charge in [-0.2, -0.15) is 0 Å². The lowest BCUT2D eigenvalue weighted by atomic mass is 10.1. The summed E-state index contributed by atoms with van der Waals surface area (Å²) >= 11 is 0. The van der Waals surface area contributed by atoms with E-state index in [1.807, 2.05) is 0 Å². The number of nitrogen functional groups attached to an aromatic ring is 1. The highest BCUT2D eigenvalue weighted by Crippen LogP contribution is 2.25. The summed E-state index contributed by atoms with van der Waals surface area (Å²) in [7, 11) is 1.49. The van der Waals surface area contributed by atoms with Gasteiger partial charge in [0.25, 0.3) is 5.91 Å². The fraction of sp³-hybridized carbons (Fsp3) is 0.167. The fourth-order valence-corrected chi connectivity index (χ4v) is 1.53. The molecule has 6 heteroatoms. The topological polar surface area (TPSA) is 90.4 Å². The number of aromatic nitrogens is 1. The molecule has 0 fully saturated rings. The lowest BCUT2D eigenvalue weighted by molar-refractivity contribution is 0.102. The van der Waals surface area contributed by atoms with Gasteiger partial charge in [0, 0.05) is 6.07 Å². The standard InChI is InChI=1S/C12H13N3O3/c1-7-6-10(15-18-7)14-12(16)8-4-3-5-9(17-2)11(8)13/h3-6H,13H2,1-2H3,(H,14,15,16). The largest absolute Gasteiger partial charge is 0.495 e. The number of amides is 1. The van der Waals surface area contributed by atoms with E-state index in [1.54, 1.807) is 31.2 Å². The molecular formula is C12H13N3O3. The summed E-state index contributed by atoms with van der Waals surface area (Å²) in [6.45, 7) is 1.74. The second kappa shape index (κ2) is 4.79. The van der Waals surface area contributed by atoms with E-state index < -0.39 is 0 Å². The van der Waals surface area contributed by atoms with Crippen molar-refractivity contribution in [3.05, 3.63) is 35.6 Å². The van der Waals surface area contributed by atoms with Gasteiger partial charge in [0.05, 0.1) is 18.4 Å². The van der Waals surface area contributed by atoms with Crippen molar-refractivity contribution in [3.8, 4) is 5.75 Å². The number of anilines is 2. The monoisotopic (exact) mass is 247 g/mol. The van der Waals surface area contributed by atoms with E-state index in [-0.39, 0.29) is 11.6 Å². The molecule has 0 unspecified atom stereocenters. The zero-order valence-electron chi connectivity index (χ0n) is 10.1. The maximum atomic E-state index is 12.0. The van der Waals surface area contributed by atoms with Gasteiger partial charge in [0.1, 0.15) is 11.5 Å². The second-order valence-electron chi connectivity index (χ2n) is 3.70. The van der Waals surface area contributed by atoms with Crippen LogP contribution in [-0.4, -0.2) is 18.2 Å². The highest BCUT2D eigenvalue weighted by molar-refractivity contribution is 6.08. The summed E-state index contributed by atoms with van der Waals surface area (Å²) < 4.78 is 9.91. The predicted octanol–water partition coefficient (Wildman–Crippen LogP) is 1.83. The molecule has 0 radical (unpaired) electrons. The van der Waals surface area contributed by atoms with Gasteiger partial charge in [-0.25, -0.2) is 0 Å². The van der Waals surface area contributed by atoms with Crippen LogP contribution in [0.25, 0.3) is 0 Å². The summed E-state index contributed by atoms with van der Waals surface area (Å²) in [6, 6.07) is 6.61. The summed E-state index contributed by atoms with van der Waals surface area (Å²) in [6.07, 6.45) is 0. The van der Waals surface area contributed by atoms with Crippen LogP contribution in [0, 0.1) is 6.92 Å². The molecule has 1 amide bonds. The van der Waals surface area contributed by atoms with Crippen LogP contribution >= 0.6 is 0 Å². The number of nitrogens with two attached hydrogens (primary N) is 1. The average molecular weight is 247 g/mol. The number of hydrogen-bond donors (Lipinski definition) is 2. The quantitative estimate of drug-likeness (QED) is 0.807. The normalized spacial score (nSPS) is 10.1. The Morgan fingerprint density at radius 1 is 1.50 bits per heavy atom. The molecule has 18 heavy (non-hydrogen) atoms. The van der Waals surface area contributed by atoms with Crippen LogP contribution in [0.4, 0.5) is 11.5 Å². The lowest BCUT2D eigenvalue weighted by Crippen LogP contribution is -2.14. The van der Waals surface area contributed by atoms with Crippen LogP contribution in [0.5, 0.6) is 5.75 Å². The minimum atomic E-state index is -0.361. The second-order valence-corrected chi connectivity index (χ2v) is 3.70. The molecule has 94 valence electrons. The summed E-state index contributed by atoms with van der Waals surface area (Å²) in [5.41, 5.74) is 6.44. The highest BCUT2D eigenvalue weighted by Gasteiger charge is 2.14. The van der Waals surface area contributed by atoms with Crippen molar-refractivity contribution in [1.29, 1.82) is 0 Å². The minimum Gasteiger partial charge on any atom is -0.495 e. The van der Waals surface area contributed by atoms with Crippen molar-refractivity contribution in [2.24, 2.45) is 0 Å². The van der Waals surface area contributed by atoms with Crippen molar-refractivity contribution >= 4 is 17.4 Å². The van der Waals surface area contributed by atoms with E-state index in [0.29, 0.717) is 22.9 Å². The van der Waals surface area contributed by atoms with E-state index in [0.717, 1.165) is 0 Å². The molecule has 0 aliphatic rings. The molecule has 0 atom stereocenters. The third kappa shape index (κ3) is 2.27. The molecule has 0 spiro atoms. The predicted molar refractivity (Wildman–Crippen MR) is 66.6 cm³/mol. The van der Waals surface area contributed by atoms with Crippen molar-refractivity contribution in [1.82, 2.24) is 5.16 Å². The van der Waals surface area contributed by atoms with Crippen LogP contribution in [0.3, 0.4) is 0 Å². The molecule has 3 N–H and O–H groups in total. The van der Waals surface area contributed by atoms with E-state index in [1.165, 1.54) is 7.11 Å². The number of aryl methyl sites for hydroxylation is 1. The van der Waals surface area contributed by atoms with E-state index in [4.69, 9.17) is 15.0 Å². The number of rotatable bonds is 3. The number of benzene rings is 1. The molecule has 1 aromatic carbocycles. The zero-order valence-corrected chi connectivity index (χ0v) is 10.1. The smallest absolute Gasteiger partial charge is 0.259 e. The van der Waals surface area contributed by atoms with Gasteiger partial charge < -0.3 is 20.3 Å². The zero-order chi connectivity index (χ0) is 13.1. The molecule has 1 aromatic heterocycles. The number of methoxy groups -OCH3 is 1. The Labute approximate surface area is 104 Å². The van der Waals surface area contributed by atoms with Gasteiger partial charge in [-0.15, -0.1) is 0 Å². The molecular weight excluding hydrogens is 234 g/mol. The highest BCUT2D eigenvalue weighted by atomic mass is 16.5. The van der Waals surface area contributed by atoms with Crippen molar-refractivity contribution in [3.63, 3.8) is 0 Å². The first-order valence-corrected chi connectivity index (χ1v) is 5.29. The summed E-state index contributed by atoms with van der Waals surface area (Å²) in [5, 5.41) is 6.27. The van der Waals surface area contributed by atoms with Crippen LogP contribution in [0.1, 0.15) is 16.1 Å². The van der Waals surface area contributed by atoms with E-state index >= 15 is 0 Å². The van der Waals surface area contributed by atoms with Crippen LogP contribution < -0.4 is 15.8 Å². The third-order valence-corrected chi connectivity index (χ3v) is 2.40. The number of ether oxygens (including phenoxy) is 1. The minimum absolute atomic E-state index is 0.290. The van der Waals surface area contributed by atoms with Gasteiger partial charge in [0.15, 0.2) is 5.82 Å². The van der Waals surface area contributed by atoms with Gasteiger partial charge in [-0.1, -0.05) is 11.2 Å².